The van der Waals surface area contributed by atoms with E-state index >= 15 is 0 Å². The lowest BCUT2D eigenvalue weighted by atomic mass is 9.73. The van der Waals surface area contributed by atoms with Crippen LogP contribution in [-0.2, 0) is 17.6 Å². The van der Waals surface area contributed by atoms with E-state index < -0.39 is 40.2 Å². The van der Waals surface area contributed by atoms with Crippen molar-refractivity contribution in [1.82, 2.24) is 0 Å². The summed E-state index contributed by atoms with van der Waals surface area (Å²) in [6.07, 6.45) is -0.250. The van der Waals surface area contributed by atoms with Gasteiger partial charge in [-0.05, 0) is 18.9 Å². The van der Waals surface area contributed by atoms with Crippen LogP contribution in [0.1, 0.15) is 49.4 Å². The van der Waals surface area contributed by atoms with Crippen molar-refractivity contribution < 1.29 is 34.8 Å². The Morgan fingerprint density at radius 1 is 1.00 bits per heavy atom. The molecule has 0 saturated carbocycles. The van der Waals surface area contributed by atoms with E-state index in [9.17, 15) is 34.8 Å². The Hall–Kier alpha value is -2.71. The van der Waals surface area contributed by atoms with Gasteiger partial charge in [-0.2, -0.15) is 0 Å². The molecule has 0 aromatic heterocycles. The molecule has 0 unspecified atom stereocenters. The van der Waals surface area contributed by atoms with Gasteiger partial charge in [-0.25, -0.2) is 0 Å². The fraction of sp³-hybridized carbons (Fsp3) is 0.250. The normalized spacial score (nSPS) is 20.4. The summed E-state index contributed by atoms with van der Waals surface area (Å²) in [4.78, 5) is 38.0. The van der Waals surface area contributed by atoms with Gasteiger partial charge in [0.25, 0.3) is 0 Å². The van der Waals surface area contributed by atoms with Crippen LogP contribution in [0.4, 0.5) is 0 Å². The highest BCUT2D eigenvalue weighted by Gasteiger charge is 2.44. The minimum absolute atomic E-state index is 0.000192. The SMILES string of the molecule is O=C1c2cccc(O)c2C(=O)c2c(O)c3c(c(O)c21)C[C@@](O)(C(=O)CBr)CC3. The molecule has 0 fully saturated rings. The lowest BCUT2D eigenvalue weighted by Crippen LogP contribution is -2.45. The summed E-state index contributed by atoms with van der Waals surface area (Å²) < 4.78 is 0. The molecule has 8 heteroatoms. The number of phenolic OH excluding ortho intramolecular Hbond substituents is 3. The molecule has 0 heterocycles. The quantitative estimate of drug-likeness (QED) is 0.348. The zero-order valence-electron chi connectivity index (χ0n) is 14.5. The Bertz CT molecular complexity index is 1090. The summed E-state index contributed by atoms with van der Waals surface area (Å²) >= 11 is 3.02. The monoisotopic (exact) mass is 446 g/mol. The van der Waals surface area contributed by atoms with Crippen molar-refractivity contribution in [3.8, 4) is 17.2 Å². The first-order valence-corrected chi connectivity index (χ1v) is 9.66. The molecule has 0 amide bonds. The molecule has 2 aliphatic rings. The lowest BCUT2D eigenvalue weighted by Gasteiger charge is -2.34. The zero-order valence-corrected chi connectivity index (χ0v) is 16.0. The molecule has 7 nitrogen and oxygen atoms in total. The van der Waals surface area contributed by atoms with E-state index in [4.69, 9.17) is 0 Å². The first-order valence-electron chi connectivity index (χ1n) is 8.54. The Kier molecular flexibility index (Phi) is 4.09. The van der Waals surface area contributed by atoms with Crippen LogP contribution in [0.3, 0.4) is 0 Å². The van der Waals surface area contributed by atoms with Crippen molar-refractivity contribution in [3.05, 3.63) is 51.6 Å². The number of carbonyl (C=O) groups is 3. The van der Waals surface area contributed by atoms with E-state index in [0.717, 1.165) is 0 Å². The number of benzene rings is 2. The number of hydrogen-bond donors (Lipinski definition) is 4. The predicted molar refractivity (Wildman–Crippen MR) is 101 cm³/mol. The van der Waals surface area contributed by atoms with Crippen LogP contribution in [0, 0.1) is 0 Å². The number of aliphatic hydroxyl groups is 1. The number of aromatic hydroxyl groups is 3. The van der Waals surface area contributed by atoms with Gasteiger partial charge in [-0.3, -0.25) is 14.4 Å². The number of ketones is 3. The molecule has 28 heavy (non-hydrogen) atoms. The second-order valence-electron chi connectivity index (χ2n) is 7.03. The Labute approximate surface area is 167 Å². The second-order valence-corrected chi connectivity index (χ2v) is 7.59. The highest BCUT2D eigenvalue weighted by Crippen LogP contribution is 2.48. The summed E-state index contributed by atoms with van der Waals surface area (Å²) in [6.45, 7) is 0. The van der Waals surface area contributed by atoms with E-state index in [1.165, 1.54) is 18.2 Å². The topological polar surface area (TPSA) is 132 Å². The first kappa shape index (κ1) is 18.6. The van der Waals surface area contributed by atoms with Crippen LogP contribution in [0.2, 0.25) is 0 Å². The molecule has 2 aromatic rings. The molecule has 0 saturated heterocycles. The van der Waals surface area contributed by atoms with Gasteiger partial charge in [0, 0.05) is 23.1 Å². The Morgan fingerprint density at radius 3 is 2.32 bits per heavy atom. The fourth-order valence-corrected chi connectivity index (χ4v) is 4.55. The van der Waals surface area contributed by atoms with E-state index in [2.05, 4.69) is 15.9 Å². The molecular weight excluding hydrogens is 432 g/mol. The van der Waals surface area contributed by atoms with Crippen molar-refractivity contribution in [3.63, 3.8) is 0 Å². The average Bonchev–Trinajstić information content (AvgIpc) is 2.67. The number of phenols is 3. The van der Waals surface area contributed by atoms with Crippen molar-refractivity contribution in [2.45, 2.75) is 24.9 Å². The van der Waals surface area contributed by atoms with Gasteiger partial charge in [-0.1, -0.05) is 28.1 Å². The highest BCUT2D eigenvalue weighted by atomic mass is 79.9. The van der Waals surface area contributed by atoms with Gasteiger partial charge < -0.3 is 20.4 Å². The van der Waals surface area contributed by atoms with Gasteiger partial charge in [0.15, 0.2) is 11.6 Å². The van der Waals surface area contributed by atoms with Gasteiger partial charge in [0.2, 0.25) is 5.78 Å². The van der Waals surface area contributed by atoms with Crippen LogP contribution in [0.25, 0.3) is 0 Å². The third kappa shape index (κ3) is 2.34. The molecule has 4 N–H and O–H groups in total. The third-order valence-corrected chi connectivity index (χ3v) is 6.04. The number of carbonyl (C=O) groups excluding carboxylic acids is 3. The second kappa shape index (κ2) is 6.15. The zero-order chi connectivity index (χ0) is 20.4. The maximum atomic E-state index is 12.9. The van der Waals surface area contributed by atoms with Crippen LogP contribution >= 0.6 is 15.9 Å². The van der Waals surface area contributed by atoms with E-state index in [0.29, 0.717) is 0 Å². The molecular formula is C20H15BrO7. The molecule has 4 rings (SSSR count). The van der Waals surface area contributed by atoms with Gasteiger partial charge in [0.05, 0.1) is 22.0 Å². The Morgan fingerprint density at radius 2 is 1.64 bits per heavy atom. The number of Topliss-reactive ketones (excluding diaryl/α,β-unsaturated/α-hetero) is 1. The van der Waals surface area contributed by atoms with Crippen LogP contribution in [-0.4, -0.2) is 48.7 Å². The van der Waals surface area contributed by atoms with Crippen LogP contribution in [0.15, 0.2) is 18.2 Å². The van der Waals surface area contributed by atoms with Gasteiger partial charge in [-0.15, -0.1) is 0 Å². The number of rotatable bonds is 2. The predicted octanol–water partition coefficient (Wildman–Crippen LogP) is 1.76. The minimum atomic E-state index is -1.74. The smallest absolute Gasteiger partial charge is 0.202 e. The van der Waals surface area contributed by atoms with Crippen LogP contribution in [0.5, 0.6) is 17.2 Å². The average molecular weight is 447 g/mol. The van der Waals surface area contributed by atoms with Gasteiger partial charge in [0.1, 0.15) is 22.8 Å². The standard InChI is InChI=1S/C20H15BrO7/c21-7-12(23)20(28)5-4-8-10(6-20)18(26)14-15(16(8)24)19(27)13-9(17(14)25)2-1-3-11(13)22/h1-3,22,24,26,28H,4-7H2/t20-/m1/s1. The van der Waals surface area contributed by atoms with Gasteiger partial charge >= 0.3 is 0 Å². The fourth-order valence-electron chi connectivity index (χ4n) is 4.03. The summed E-state index contributed by atoms with van der Waals surface area (Å²) in [5.41, 5.74) is -2.52. The lowest BCUT2D eigenvalue weighted by molar-refractivity contribution is -0.135. The molecule has 0 radical (unpaired) electrons. The molecule has 144 valence electrons. The summed E-state index contributed by atoms with van der Waals surface area (Å²) in [7, 11) is 0. The number of halogens is 1. The van der Waals surface area contributed by atoms with Crippen molar-refractivity contribution >= 4 is 33.3 Å². The van der Waals surface area contributed by atoms with Crippen molar-refractivity contribution in [1.29, 1.82) is 0 Å². The molecule has 2 aliphatic carbocycles. The van der Waals surface area contributed by atoms with E-state index in [1.54, 1.807) is 0 Å². The molecule has 2 aromatic carbocycles. The van der Waals surface area contributed by atoms with E-state index in [1.807, 2.05) is 0 Å². The molecule has 0 aliphatic heterocycles. The summed E-state index contributed by atoms with van der Waals surface area (Å²) in [5, 5.41) is 42.1. The summed E-state index contributed by atoms with van der Waals surface area (Å²) in [5.74, 6) is -3.37. The minimum Gasteiger partial charge on any atom is -0.507 e. The van der Waals surface area contributed by atoms with E-state index in [-0.39, 0.29) is 58.0 Å². The molecule has 0 spiro atoms. The summed E-state index contributed by atoms with van der Waals surface area (Å²) in [6, 6.07) is 4.00. The van der Waals surface area contributed by atoms with Crippen molar-refractivity contribution in [2.75, 3.05) is 5.33 Å². The first-order chi connectivity index (χ1) is 13.2. The molecule has 0 bridgehead atoms. The highest BCUT2D eigenvalue weighted by molar-refractivity contribution is 9.09. The maximum absolute atomic E-state index is 12.9. The largest absolute Gasteiger partial charge is 0.507 e. The Balaban J connectivity index is 1.97. The van der Waals surface area contributed by atoms with Crippen LogP contribution < -0.4 is 0 Å². The maximum Gasteiger partial charge on any atom is 0.202 e. The van der Waals surface area contributed by atoms with Crippen molar-refractivity contribution in [2.24, 2.45) is 0 Å². The molecule has 1 atom stereocenters. The number of fused-ring (bicyclic) bond motifs is 3. The number of hydrogen-bond acceptors (Lipinski definition) is 7. The third-order valence-electron chi connectivity index (χ3n) is 5.53. The number of alkyl halides is 1.